The summed E-state index contributed by atoms with van der Waals surface area (Å²) in [5.74, 6) is 0.688. The maximum absolute atomic E-state index is 4.33. The minimum absolute atomic E-state index is 0.390. The van der Waals surface area contributed by atoms with Crippen LogP contribution < -0.4 is 5.32 Å². The number of pyridine rings is 1. The number of hydrogen-bond donors (Lipinski definition) is 1. The van der Waals surface area contributed by atoms with Gasteiger partial charge in [-0.25, -0.2) is 0 Å². The Balaban J connectivity index is 1.79. The summed E-state index contributed by atoms with van der Waals surface area (Å²) >= 11 is 0. The highest BCUT2D eigenvalue weighted by molar-refractivity contribution is 5.21. The summed E-state index contributed by atoms with van der Waals surface area (Å²) in [6.45, 7) is 10.3. The Bertz CT molecular complexity index is 477. The summed E-state index contributed by atoms with van der Waals surface area (Å²) in [5, 5.41) is 3.90. The van der Waals surface area contributed by atoms with Gasteiger partial charge in [-0.2, -0.15) is 0 Å². The second-order valence-electron chi connectivity index (χ2n) is 7.39. The first-order valence-electron chi connectivity index (χ1n) is 8.48. The topological polar surface area (TPSA) is 28.2 Å². The molecule has 3 heteroatoms. The molecule has 1 aliphatic carbocycles. The fourth-order valence-electron chi connectivity index (χ4n) is 4.11. The van der Waals surface area contributed by atoms with Crippen molar-refractivity contribution in [2.24, 2.45) is 5.92 Å². The van der Waals surface area contributed by atoms with E-state index < -0.39 is 0 Å². The zero-order valence-corrected chi connectivity index (χ0v) is 13.7. The van der Waals surface area contributed by atoms with Crippen LogP contribution in [0, 0.1) is 12.8 Å². The Labute approximate surface area is 129 Å². The van der Waals surface area contributed by atoms with E-state index in [1.807, 2.05) is 6.20 Å². The van der Waals surface area contributed by atoms with Crippen molar-refractivity contribution < 1.29 is 0 Å². The van der Waals surface area contributed by atoms with Crippen LogP contribution in [0.2, 0.25) is 0 Å². The average Bonchev–Trinajstić information content (AvgIpc) is 2.89. The summed E-state index contributed by atoms with van der Waals surface area (Å²) in [6.07, 6.45) is 9.42. The zero-order chi connectivity index (χ0) is 14.9. The van der Waals surface area contributed by atoms with Crippen LogP contribution in [0.15, 0.2) is 18.5 Å². The maximum Gasteiger partial charge on any atom is 0.0315 e. The maximum atomic E-state index is 4.33. The van der Waals surface area contributed by atoms with Gasteiger partial charge in [-0.15, -0.1) is 0 Å². The van der Waals surface area contributed by atoms with Gasteiger partial charge >= 0.3 is 0 Å². The first kappa shape index (κ1) is 15.0. The Kier molecular flexibility index (Phi) is 4.32. The second-order valence-corrected chi connectivity index (χ2v) is 7.39. The fourth-order valence-corrected chi connectivity index (χ4v) is 4.11. The molecule has 3 nitrogen and oxygen atoms in total. The van der Waals surface area contributed by atoms with Crippen molar-refractivity contribution >= 4 is 0 Å². The lowest BCUT2D eigenvalue weighted by Gasteiger charge is -2.48. The molecule has 1 unspecified atom stereocenters. The van der Waals surface area contributed by atoms with Gasteiger partial charge < -0.3 is 5.32 Å². The van der Waals surface area contributed by atoms with E-state index in [0.29, 0.717) is 17.5 Å². The molecule has 0 radical (unpaired) electrons. The van der Waals surface area contributed by atoms with Crippen molar-refractivity contribution in [2.75, 3.05) is 13.1 Å². The van der Waals surface area contributed by atoms with Gasteiger partial charge in [0.2, 0.25) is 0 Å². The van der Waals surface area contributed by atoms with Crippen LogP contribution in [0.3, 0.4) is 0 Å². The molecular weight excluding hydrogens is 258 g/mol. The van der Waals surface area contributed by atoms with Crippen molar-refractivity contribution in [3.8, 4) is 0 Å². The van der Waals surface area contributed by atoms with Gasteiger partial charge in [-0.3, -0.25) is 9.88 Å². The molecule has 1 aromatic rings. The number of hydrogen-bond acceptors (Lipinski definition) is 3. The SMILES string of the molecule is Cc1ccncc1CN1CC2(CCCC2)NCC1C(C)C. The summed E-state index contributed by atoms with van der Waals surface area (Å²) in [5.41, 5.74) is 3.14. The molecule has 3 rings (SSSR count). The van der Waals surface area contributed by atoms with E-state index in [-0.39, 0.29) is 0 Å². The van der Waals surface area contributed by atoms with E-state index in [9.17, 15) is 0 Å². The Morgan fingerprint density at radius 1 is 1.38 bits per heavy atom. The van der Waals surface area contributed by atoms with Crippen LogP contribution in [0.1, 0.15) is 50.7 Å². The van der Waals surface area contributed by atoms with Gasteiger partial charge in [0, 0.05) is 43.6 Å². The number of aromatic nitrogens is 1. The van der Waals surface area contributed by atoms with Gasteiger partial charge in [0.05, 0.1) is 0 Å². The summed E-state index contributed by atoms with van der Waals surface area (Å²) in [7, 11) is 0. The number of piperazine rings is 1. The molecule has 116 valence electrons. The molecule has 1 atom stereocenters. The number of nitrogens with zero attached hydrogens (tertiary/aromatic N) is 2. The van der Waals surface area contributed by atoms with Crippen molar-refractivity contribution in [3.05, 3.63) is 29.6 Å². The third kappa shape index (κ3) is 3.14. The summed E-state index contributed by atoms with van der Waals surface area (Å²) in [4.78, 5) is 7.05. The standard InChI is InChI=1S/C18H29N3/c1-14(2)17-11-20-18(7-4-5-8-18)13-21(17)12-16-10-19-9-6-15(16)3/h6,9-10,14,17,20H,4-5,7-8,11-13H2,1-3H3. The molecule has 1 saturated carbocycles. The van der Waals surface area contributed by atoms with Crippen molar-refractivity contribution in [2.45, 2.75) is 64.6 Å². The minimum atomic E-state index is 0.390. The molecule has 0 aromatic carbocycles. The molecular formula is C18H29N3. The molecule has 2 heterocycles. The van der Waals surface area contributed by atoms with Crippen LogP contribution in [-0.2, 0) is 6.54 Å². The zero-order valence-electron chi connectivity index (χ0n) is 13.7. The molecule has 1 saturated heterocycles. The molecule has 1 aliphatic heterocycles. The van der Waals surface area contributed by atoms with Crippen LogP contribution in [0.25, 0.3) is 0 Å². The van der Waals surface area contributed by atoms with E-state index in [0.717, 1.165) is 13.1 Å². The Morgan fingerprint density at radius 3 is 2.81 bits per heavy atom. The largest absolute Gasteiger partial charge is 0.308 e. The van der Waals surface area contributed by atoms with E-state index in [1.165, 1.54) is 43.4 Å². The first-order chi connectivity index (χ1) is 10.1. The van der Waals surface area contributed by atoms with Crippen molar-refractivity contribution in [1.82, 2.24) is 15.2 Å². The van der Waals surface area contributed by atoms with Crippen LogP contribution in [-0.4, -0.2) is 34.6 Å². The van der Waals surface area contributed by atoms with E-state index in [1.54, 1.807) is 0 Å². The van der Waals surface area contributed by atoms with Gasteiger partial charge in [0.25, 0.3) is 0 Å². The van der Waals surface area contributed by atoms with Crippen LogP contribution >= 0.6 is 0 Å². The third-order valence-corrected chi connectivity index (χ3v) is 5.51. The van der Waals surface area contributed by atoms with E-state index in [2.05, 4.69) is 48.2 Å². The van der Waals surface area contributed by atoms with Gasteiger partial charge in [0.1, 0.15) is 0 Å². The molecule has 0 bridgehead atoms. The van der Waals surface area contributed by atoms with Gasteiger partial charge in [-0.05, 0) is 42.9 Å². The lowest BCUT2D eigenvalue weighted by molar-refractivity contribution is 0.0505. The van der Waals surface area contributed by atoms with Crippen molar-refractivity contribution in [1.29, 1.82) is 0 Å². The molecule has 1 N–H and O–H groups in total. The number of rotatable bonds is 3. The number of nitrogens with one attached hydrogen (secondary N) is 1. The second kappa shape index (κ2) is 6.05. The highest BCUT2D eigenvalue weighted by Gasteiger charge is 2.41. The lowest BCUT2D eigenvalue weighted by Crippen LogP contribution is -2.64. The van der Waals surface area contributed by atoms with Crippen LogP contribution in [0.5, 0.6) is 0 Å². The lowest BCUT2D eigenvalue weighted by atomic mass is 9.88. The molecule has 21 heavy (non-hydrogen) atoms. The third-order valence-electron chi connectivity index (χ3n) is 5.51. The minimum Gasteiger partial charge on any atom is -0.308 e. The molecule has 2 fully saturated rings. The molecule has 2 aliphatic rings. The normalized spacial score (nSPS) is 25.8. The molecule has 1 spiro atoms. The van der Waals surface area contributed by atoms with E-state index >= 15 is 0 Å². The Hall–Kier alpha value is -0.930. The van der Waals surface area contributed by atoms with Gasteiger partial charge in [-0.1, -0.05) is 26.7 Å². The van der Waals surface area contributed by atoms with Crippen LogP contribution in [0.4, 0.5) is 0 Å². The first-order valence-corrected chi connectivity index (χ1v) is 8.48. The fraction of sp³-hybridized carbons (Fsp3) is 0.722. The molecule has 1 aromatic heterocycles. The average molecular weight is 287 g/mol. The highest BCUT2D eigenvalue weighted by Crippen LogP contribution is 2.35. The number of aryl methyl sites for hydroxylation is 1. The molecule has 0 amide bonds. The monoisotopic (exact) mass is 287 g/mol. The predicted molar refractivity (Wildman–Crippen MR) is 87.2 cm³/mol. The van der Waals surface area contributed by atoms with Gasteiger partial charge in [0.15, 0.2) is 0 Å². The highest BCUT2D eigenvalue weighted by atomic mass is 15.3. The smallest absolute Gasteiger partial charge is 0.0315 e. The Morgan fingerprint density at radius 2 is 2.14 bits per heavy atom. The van der Waals surface area contributed by atoms with E-state index in [4.69, 9.17) is 0 Å². The summed E-state index contributed by atoms with van der Waals surface area (Å²) in [6, 6.07) is 2.77. The summed E-state index contributed by atoms with van der Waals surface area (Å²) < 4.78 is 0. The quantitative estimate of drug-likeness (QED) is 0.926. The van der Waals surface area contributed by atoms with Crippen molar-refractivity contribution in [3.63, 3.8) is 0 Å². The predicted octanol–water partition coefficient (Wildman–Crippen LogP) is 3.13.